The van der Waals surface area contributed by atoms with E-state index in [1.807, 2.05) is 12.1 Å². The second-order valence-electron chi connectivity index (χ2n) is 5.67. The first-order valence-electron chi connectivity index (χ1n) is 7.54. The van der Waals surface area contributed by atoms with Crippen molar-refractivity contribution in [3.05, 3.63) is 59.9 Å². The topological polar surface area (TPSA) is 49.8 Å². The lowest BCUT2D eigenvalue weighted by Gasteiger charge is -2.17. The molecule has 120 valence electrons. The molecule has 1 aliphatic heterocycles. The SMILES string of the molecule is O=C1C[C@H](CO)CN1c1ccc(OCc2cccc(F)c2)cc1. The fraction of sp³-hybridized carbons (Fsp3) is 0.278. The molecule has 4 nitrogen and oxygen atoms in total. The Hall–Kier alpha value is -2.40. The average Bonchev–Trinajstić information content (AvgIpc) is 2.95. The van der Waals surface area contributed by atoms with Crippen molar-refractivity contribution in [3.8, 4) is 5.75 Å². The van der Waals surface area contributed by atoms with Gasteiger partial charge in [0.25, 0.3) is 0 Å². The lowest BCUT2D eigenvalue weighted by molar-refractivity contribution is -0.117. The van der Waals surface area contributed by atoms with Gasteiger partial charge in [0.05, 0.1) is 0 Å². The number of anilines is 1. The fourth-order valence-corrected chi connectivity index (χ4v) is 2.67. The molecular weight excluding hydrogens is 297 g/mol. The molecule has 1 saturated heterocycles. The first-order valence-corrected chi connectivity index (χ1v) is 7.54. The molecule has 0 radical (unpaired) electrons. The Morgan fingerprint density at radius 3 is 2.65 bits per heavy atom. The van der Waals surface area contributed by atoms with Crippen molar-refractivity contribution in [1.29, 1.82) is 0 Å². The van der Waals surface area contributed by atoms with Crippen molar-refractivity contribution < 1.29 is 19.0 Å². The van der Waals surface area contributed by atoms with Crippen LogP contribution in [0, 0.1) is 11.7 Å². The third kappa shape index (κ3) is 3.68. The van der Waals surface area contributed by atoms with Crippen molar-refractivity contribution in [1.82, 2.24) is 0 Å². The molecule has 1 heterocycles. The van der Waals surface area contributed by atoms with Gasteiger partial charge in [0, 0.05) is 31.2 Å². The van der Waals surface area contributed by atoms with E-state index < -0.39 is 0 Å². The molecule has 0 saturated carbocycles. The van der Waals surface area contributed by atoms with Crippen LogP contribution in [0.1, 0.15) is 12.0 Å². The highest BCUT2D eigenvalue weighted by Crippen LogP contribution is 2.26. The maximum Gasteiger partial charge on any atom is 0.227 e. The third-order valence-electron chi connectivity index (χ3n) is 3.91. The van der Waals surface area contributed by atoms with Gasteiger partial charge >= 0.3 is 0 Å². The number of carbonyl (C=O) groups is 1. The van der Waals surface area contributed by atoms with Gasteiger partial charge < -0.3 is 14.7 Å². The van der Waals surface area contributed by atoms with E-state index in [2.05, 4.69) is 0 Å². The van der Waals surface area contributed by atoms with Gasteiger partial charge in [-0.3, -0.25) is 4.79 Å². The van der Waals surface area contributed by atoms with E-state index in [9.17, 15) is 9.18 Å². The number of carbonyl (C=O) groups excluding carboxylic acids is 1. The minimum atomic E-state index is -0.285. The van der Waals surface area contributed by atoms with E-state index in [1.165, 1.54) is 12.1 Å². The summed E-state index contributed by atoms with van der Waals surface area (Å²) in [5, 5.41) is 9.16. The number of halogens is 1. The van der Waals surface area contributed by atoms with E-state index in [1.54, 1.807) is 29.2 Å². The molecule has 23 heavy (non-hydrogen) atoms. The molecule has 0 aromatic heterocycles. The summed E-state index contributed by atoms with van der Waals surface area (Å²) in [6, 6.07) is 13.5. The zero-order valence-corrected chi connectivity index (χ0v) is 12.6. The van der Waals surface area contributed by atoms with Crippen LogP contribution >= 0.6 is 0 Å². The molecular formula is C18H18FNO3. The summed E-state index contributed by atoms with van der Waals surface area (Å²) >= 11 is 0. The molecule has 1 aliphatic rings. The van der Waals surface area contributed by atoms with Crippen LogP contribution < -0.4 is 9.64 Å². The Balaban J connectivity index is 1.62. The minimum absolute atomic E-state index is 0.00593. The number of rotatable bonds is 5. The van der Waals surface area contributed by atoms with Gasteiger partial charge in [0.1, 0.15) is 18.2 Å². The molecule has 0 unspecified atom stereocenters. The number of aliphatic hydroxyl groups excluding tert-OH is 1. The predicted octanol–water partition coefficient (Wildman–Crippen LogP) is 2.75. The third-order valence-corrected chi connectivity index (χ3v) is 3.91. The van der Waals surface area contributed by atoms with Crippen LogP contribution in [0.15, 0.2) is 48.5 Å². The van der Waals surface area contributed by atoms with E-state index in [-0.39, 0.29) is 30.9 Å². The summed E-state index contributed by atoms with van der Waals surface area (Å²) in [7, 11) is 0. The molecule has 1 fully saturated rings. The van der Waals surface area contributed by atoms with Crippen molar-refractivity contribution in [2.24, 2.45) is 5.92 Å². The van der Waals surface area contributed by atoms with Crippen molar-refractivity contribution in [3.63, 3.8) is 0 Å². The van der Waals surface area contributed by atoms with E-state index >= 15 is 0 Å². The number of hydrogen-bond donors (Lipinski definition) is 1. The lowest BCUT2D eigenvalue weighted by Crippen LogP contribution is -2.24. The molecule has 2 aromatic rings. The Morgan fingerprint density at radius 1 is 1.22 bits per heavy atom. The highest BCUT2D eigenvalue weighted by atomic mass is 19.1. The Labute approximate surface area is 134 Å². The predicted molar refractivity (Wildman–Crippen MR) is 84.7 cm³/mol. The van der Waals surface area contributed by atoms with E-state index in [4.69, 9.17) is 9.84 Å². The van der Waals surface area contributed by atoms with Gasteiger partial charge in [-0.25, -0.2) is 4.39 Å². The molecule has 0 bridgehead atoms. The van der Waals surface area contributed by atoms with Crippen LogP contribution in [-0.2, 0) is 11.4 Å². The Kier molecular flexibility index (Phi) is 4.57. The zero-order chi connectivity index (χ0) is 16.2. The quantitative estimate of drug-likeness (QED) is 0.923. The molecule has 5 heteroatoms. The number of nitrogens with zero attached hydrogens (tertiary/aromatic N) is 1. The van der Waals surface area contributed by atoms with E-state index in [0.717, 1.165) is 11.3 Å². The maximum absolute atomic E-state index is 13.1. The molecule has 0 spiro atoms. The van der Waals surface area contributed by atoms with Crippen LogP contribution in [0.4, 0.5) is 10.1 Å². The summed E-state index contributed by atoms with van der Waals surface area (Å²) in [6.45, 7) is 0.849. The van der Waals surface area contributed by atoms with Crippen LogP contribution in [0.25, 0.3) is 0 Å². The summed E-state index contributed by atoms with van der Waals surface area (Å²) in [5.74, 6) is 0.402. The van der Waals surface area contributed by atoms with Crippen molar-refractivity contribution >= 4 is 11.6 Å². The number of amides is 1. The van der Waals surface area contributed by atoms with Crippen LogP contribution in [-0.4, -0.2) is 24.2 Å². The number of aliphatic hydroxyl groups is 1. The molecule has 3 rings (SSSR count). The molecule has 1 N–H and O–H groups in total. The summed E-state index contributed by atoms with van der Waals surface area (Å²) in [5.41, 5.74) is 1.55. The van der Waals surface area contributed by atoms with E-state index in [0.29, 0.717) is 18.7 Å². The highest BCUT2D eigenvalue weighted by molar-refractivity contribution is 5.95. The largest absolute Gasteiger partial charge is 0.489 e. The zero-order valence-electron chi connectivity index (χ0n) is 12.6. The first kappa shape index (κ1) is 15.5. The second kappa shape index (κ2) is 6.79. The minimum Gasteiger partial charge on any atom is -0.489 e. The summed E-state index contributed by atoms with van der Waals surface area (Å²) in [6.07, 6.45) is 0.383. The smallest absolute Gasteiger partial charge is 0.227 e. The van der Waals surface area contributed by atoms with Crippen molar-refractivity contribution in [2.75, 3.05) is 18.1 Å². The van der Waals surface area contributed by atoms with Gasteiger partial charge in [0.2, 0.25) is 5.91 Å². The second-order valence-corrected chi connectivity index (χ2v) is 5.67. The monoisotopic (exact) mass is 315 g/mol. The lowest BCUT2D eigenvalue weighted by atomic mass is 10.1. The van der Waals surface area contributed by atoms with Crippen LogP contribution in [0.2, 0.25) is 0 Å². The fourth-order valence-electron chi connectivity index (χ4n) is 2.67. The first-order chi connectivity index (χ1) is 11.2. The Bertz CT molecular complexity index is 687. The normalized spacial score (nSPS) is 17.6. The van der Waals surface area contributed by atoms with Gasteiger partial charge in [-0.05, 0) is 42.0 Å². The standard InChI is InChI=1S/C18H18FNO3/c19-15-3-1-2-13(8-15)12-23-17-6-4-16(5-7-17)20-10-14(11-21)9-18(20)22/h1-8,14,21H,9-12H2/t14-/m0/s1. The maximum atomic E-state index is 13.1. The van der Waals surface area contributed by atoms with Crippen molar-refractivity contribution in [2.45, 2.75) is 13.0 Å². The van der Waals surface area contributed by atoms with Gasteiger partial charge in [-0.15, -0.1) is 0 Å². The Morgan fingerprint density at radius 2 is 2.00 bits per heavy atom. The average molecular weight is 315 g/mol. The number of benzene rings is 2. The molecule has 1 amide bonds. The van der Waals surface area contributed by atoms with Crippen LogP contribution in [0.3, 0.4) is 0 Å². The number of hydrogen-bond acceptors (Lipinski definition) is 3. The summed E-state index contributed by atoms with van der Waals surface area (Å²) < 4.78 is 18.7. The van der Waals surface area contributed by atoms with Crippen LogP contribution in [0.5, 0.6) is 5.75 Å². The number of ether oxygens (including phenoxy) is 1. The molecule has 1 atom stereocenters. The highest BCUT2D eigenvalue weighted by Gasteiger charge is 2.29. The molecule has 0 aliphatic carbocycles. The van der Waals surface area contributed by atoms with Gasteiger partial charge in [-0.1, -0.05) is 12.1 Å². The molecule has 2 aromatic carbocycles. The summed E-state index contributed by atoms with van der Waals surface area (Å²) in [4.78, 5) is 13.6. The van der Waals surface area contributed by atoms with Gasteiger partial charge in [-0.2, -0.15) is 0 Å². The van der Waals surface area contributed by atoms with Gasteiger partial charge in [0.15, 0.2) is 0 Å².